The normalized spacial score (nSPS) is 6.86. The van der Waals surface area contributed by atoms with Gasteiger partial charge >= 0.3 is 0 Å². The quantitative estimate of drug-likeness (QED) is 0.362. The van der Waals surface area contributed by atoms with Crippen LogP contribution >= 0.6 is 0 Å². The van der Waals surface area contributed by atoms with Gasteiger partial charge in [-0.2, -0.15) is 0 Å². The average molecular weight is 96.1 g/mol. The highest BCUT2D eigenvalue weighted by Crippen LogP contribution is 1.65. The number of hydrogen-bond acceptors (Lipinski definition) is 2. The molecule has 0 aliphatic rings. The summed E-state index contributed by atoms with van der Waals surface area (Å²) in [5.41, 5.74) is 0. The third-order valence-electron chi connectivity index (χ3n) is 0.482. The van der Waals surface area contributed by atoms with Crippen molar-refractivity contribution in [2.75, 3.05) is 13.1 Å². The van der Waals surface area contributed by atoms with E-state index in [2.05, 4.69) is 29.2 Å². The molecule has 0 aliphatic heterocycles. The minimum absolute atomic E-state index is 0.660. The van der Waals surface area contributed by atoms with Crippen molar-refractivity contribution >= 4 is 12.6 Å². The second-order valence-electron chi connectivity index (χ2n) is 0.987. The molecule has 38 valence electrons. The van der Waals surface area contributed by atoms with E-state index in [4.69, 9.17) is 0 Å². The minimum Gasteiger partial charge on any atom is -0.299 e. The molecule has 0 aromatic heterocycles. The fraction of sp³-hybridized carbons (Fsp3) is 0.400. The average Bonchev–Trinajstić information content (AvgIpc) is 1.69. The summed E-state index contributed by atoms with van der Waals surface area (Å²) >= 11 is 0. The zero-order valence-electron chi connectivity index (χ0n) is 4.22. The van der Waals surface area contributed by atoms with Gasteiger partial charge in [0.1, 0.15) is 0 Å². The molecule has 0 saturated heterocycles. The SMILES string of the molecule is C=C=NCCN=C. The van der Waals surface area contributed by atoms with Crippen LogP contribution in [0.2, 0.25) is 0 Å². The monoisotopic (exact) mass is 96.1 g/mol. The standard InChI is InChI=1S/C5H8N2/c1-3-7-5-4-6-2/h1-2,4-5H2. The van der Waals surface area contributed by atoms with Gasteiger partial charge in [0.2, 0.25) is 0 Å². The molecule has 2 heteroatoms. The largest absolute Gasteiger partial charge is 0.299 e. The molecule has 0 radical (unpaired) electrons. The minimum atomic E-state index is 0.660. The molecule has 0 aliphatic carbocycles. The molecule has 0 bridgehead atoms. The molecule has 0 atom stereocenters. The van der Waals surface area contributed by atoms with Gasteiger partial charge in [0.25, 0.3) is 0 Å². The second kappa shape index (κ2) is 5.12. The van der Waals surface area contributed by atoms with Gasteiger partial charge in [0, 0.05) is 0 Å². The molecule has 0 N–H and O–H groups in total. The van der Waals surface area contributed by atoms with Gasteiger partial charge in [-0.15, -0.1) is 0 Å². The molecule has 2 nitrogen and oxygen atoms in total. The van der Waals surface area contributed by atoms with Gasteiger partial charge < -0.3 is 0 Å². The maximum atomic E-state index is 3.67. The molecule has 7 heavy (non-hydrogen) atoms. The number of rotatable bonds is 3. The first kappa shape index (κ1) is 6.12. The topological polar surface area (TPSA) is 24.7 Å². The smallest absolute Gasteiger partial charge is 0.0679 e. The Balaban J connectivity index is 2.97. The molecule has 0 fully saturated rings. The van der Waals surface area contributed by atoms with Crippen LogP contribution < -0.4 is 0 Å². The molecular weight excluding hydrogens is 88.1 g/mol. The van der Waals surface area contributed by atoms with E-state index >= 15 is 0 Å². The zero-order chi connectivity index (χ0) is 5.54. The fourth-order valence-corrected chi connectivity index (χ4v) is 0.200. The first-order chi connectivity index (χ1) is 3.41. The van der Waals surface area contributed by atoms with Gasteiger partial charge in [0.05, 0.1) is 13.1 Å². The molecule has 0 amide bonds. The fourth-order valence-electron chi connectivity index (χ4n) is 0.200. The van der Waals surface area contributed by atoms with E-state index in [1.807, 2.05) is 0 Å². The Morgan fingerprint density at radius 1 is 1.43 bits per heavy atom. The molecule has 0 aromatic rings. The van der Waals surface area contributed by atoms with Gasteiger partial charge in [-0.3, -0.25) is 4.99 Å². The predicted octanol–water partition coefficient (Wildman–Crippen LogP) is 0.543. The van der Waals surface area contributed by atoms with Gasteiger partial charge in [0.15, 0.2) is 0 Å². The van der Waals surface area contributed by atoms with Crippen LogP contribution in [0.3, 0.4) is 0 Å². The first-order valence-corrected chi connectivity index (χ1v) is 2.03. The molecule has 0 aromatic carbocycles. The second-order valence-corrected chi connectivity index (χ2v) is 0.987. The van der Waals surface area contributed by atoms with Gasteiger partial charge in [-0.1, -0.05) is 0 Å². The molecule has 0 saturated carbocycles. The molecule has 0 spiro atoms. The van der Waals surface area contributed by atoms with E-state index in [1.165, 1.54) is 0 Å². The third-order valence-corrected chi connectivity index (χ3v) is 0.482. The summed E-state index contributed by atoms with van der Waals surface area (Å²) in [6.07, 6.45) is 0. The van der Waals surface area contributed by atoms with Crippen molar-refractivity contribution in [3.63, 3.8) is 0 Å². The Morgan fingerprint density at radius 2 is 2.14 bits per heavy atom. The summed E-state index contributed by atoms with van der Waals surface area (Å²) in [6, 6.07) is 0. The van der Waals surface area contributed by atoms with Crippen LogP contribution in [0.5, 0.6) is 0 Å². The van der Waals surface area contributed by atoms with Crippen LogP contribution in [-0.4, -0.2) is 25.7 Å². The van der Waals surface area contributed by atoms with Crippen LogP contribution in [0.1, 0.15) is 0 Å². The van der Waals surface area contributed by atoms with Gasteiger partial charge in [-0.05, 0) is 19.2 Å². The number of aliphatic imine (C=N–C) groups is 2. The van der Waals surface area contributed by atoms with Crippen molar-refractivity contribution in [2.45, 2.75) is 0 Å². The molecule has 0 rings (SSSR count). The maximum absolute atomic E-state index is 3.67. The summed E-state index contributed by atoms with van der Waals surface area (Å²) in [5, 5.41) is 0. The lowest BCUT2D eigenvalue weighted by Gasteiger charge is -1.77. The summed E-state index contributed by atoms with van der Waals surface area (Å²) in [6.45, 7) is 7.88. The Bertz CT molecular complexity index is 90.3. The highest BCUT2D eigenvalue weighted by molar-refractivity contribution is 5.46. The van der Waals surface area contributed by atoms with Crippen LogP contribution in [-0.2, 0) is 0 Å². The molecular formula is C5H8N2. The van der Waals surface area contributed by atoms with Crippen molar-refractivity contribution in [1.82, 2.24) is 0 Å². The molecule has 0 unspecified atom stereocenters. The van der Waals surface area contributed by atoms with Crippen molar-refractivity contribution < 1.29 is 0 Å². The Hall–Kier alpha value is -0.880. The summed E-state index contributed by atoms with van der Waals surface area (Å²) in [5.74, 6) is 2.39. The van der Waals surface area contributed by atoms with Crippen LogP contribution in [0.4, 0.5) is 0 Å². The lowest BCUT2D eigenvalue weighted by atomic mass is 10.7. The van der Waals surface area contributed by atoms with E-state index in [9.17, 15) is 0 Å². The van der Waals surface area contributed by atoms with E-state index in [-0.39, 0.29) is 0 Å². The van der Waals surface area contributed by atoms with E-state index in [1.54, 1.807) is 0 Å². The highest BCUT2D eigenvalue weighted by Gasteiger charge is 1.68. The van der Waals surface area contributed by atoms with Crippen LogP contribution in [0.25, 0.3) is 0 Å². The maximum Gasteiger partial charge on any atom is 0.0679 e. The summed E-state index contributed by atoms with van der Waals surface area (Å²) in [4.78, 5) is 7.23. The van der Waals surface area contributed by atoms with Crippen molar-refractivity contribution in [2.24, 2.45) is 9.98 Å². The van der Waals surface area contributed by atoms with Crippen LogP contribution in [0.15, 0.2) is 16.6 Å². The van der Waals surface area contributed by atoms with Crippen molar-refractivity contribution in [3.05, 3.63) is 6.58 Å². The van der Waals surface area contributed by atoms with Crippen LogP contribution in [0, 0.1) is 0 Å². The lowest BCUT2D eigenvalue weighted by Crippen LogP contribution is -1.81. The summed E-state index contributed by atoms with van der Waals surface area (Å²) < 4.78 is 0. The predicted molar refractivity (Wildman–Crippen MR) is 32.3 cm³/mol. The van der Waals surface area contributed by atoms with Crippen molar-refractivity contribution in [3.8, 4) is 0 Å². The van der Waals surface area contributed by atoms with Crippen molar-refractivity contribution in [1.29, 1.82) is 0 Å². The zero-order valence-corrected chi connectivity index (χ0v) is 4.22. The molecule has 0 heterocycles. The highest BCUT2D eigenvalue weighted by atomic mass is 14.8. The number of hydrogen-bond donors (Lipinski definition) is 0. The van der Waals surface area contributed by atoms with E-state index in [0.29, 0.717) is 13.1 Å². The van der Waals surface area contributed by atoms with Gasteiger partial charge in [-0.25, -0.2) is 4.99 Å². The number of nitrogens with zero attached hydrogens (tertiary/aromatic N) is 2. The first-order valence-electron chi connectivity index (χ1n) is 2.03. The third kappa shape index (κ3) is 5.12. The Labute approximate surface area is 43.3 Å². The van der Waals surface area contributed by atoms with E-state index < -0.39 is 0 Å². The summed E-state index contributed by atoms with van der Waals surface area (Å²) in [7, 11) is 0. The Morgan fingerprint density at radius 3 is 2.57 bits per heavy atom. The Kier molecular flexibility index (Phi) is 4.48. The lowest BCUT2D eigenvalue weighted by molar-refractivity contribution is 0.991. The van der Waals surface area contributed by atoms with E-state index in [0.717, 1.165) is 0 Å².